The molecule has 0 spiro atoms. The highest BCUT2D eigenvalue weighted by Crippen LogP contribution is 2.24. The summed E-state index contributed by atoms with van der Waals surface area (Å²) < 4.78 is 18.3. The Morgan fingerprint density at radius 2 is 1.87 bits per heavy atom. The summed E-state index contributed by atoms with van der Waals surface area (Å²) >= 11 is 0. The van der Waals surface area contributed by atoms with Crippen molar-refractivity contribution >= 4 is 11.9 Å². The van der Waals surface area contributed by atoms with E-state index in [1.165, 1.54) is 24.3 Å². The Labute approximate surface area is 134 Å². The topological polar surface area (TPSA) is 75.6 Å². The van der Waals surface area contributed by atoms with Gasteiger partial charge in [-0.25, -0.2) is 4.39 Å². The Morgan fingerprint density at radius 1 is 1.22 bits per heavy atom. The van der Waals surface area contributed by atoms with Crippen LogP contribution in [0.4, 0.5) is 4.39 Å². The summed E-state index contributed by atoms with van der Waals surface area (Å²) in [4.78, 5) is 23.6. The molecule has 1 aromatic rings. The smallest absolute Gasteiger partial charge is 0.308 e. The van der Waals surface area contributed by atoms with E-state index in [1.54, 1.807) is 6.92 Å². The number of carboxylic acid groups (broad SMARTS) is 1. The predicted octanol–water partition coefficient (Wildman–Crippen LogP) is 2.74. The minimum atomic E-state index is -0.871. The molecule has 3 atom stereocenters. The molecule has 5 nitrogen and oxygen atoms in total. The van der Waals surface area contributed by atoms with Crippen LogP contribution in [0.15, 0.2) is 24.3 Å². The van der Waals surface area contributed by atoms with Crippen LogP contribution in [-0.4, -0.2) is 29.1 Å². The van der Waals surface area contributed by atoms with Gasteiger partial charge in [0.1, 0.15) is 11.6 Å². The molecule has 0 bridgehead atoms. The molecule has 2 rings (SSSR count). The molecule has 1 aromatic carbocycles. The zero-order valence-electron chi connectivity index (χ0n) is 13.1. The minimum absolute atomic E-state index is 0.354. The zero-order valence-corrected chi connectivity index (χ0v) is 13.1. The number of hydrogen-bond acceptors (Lipinski definition) is 3. The molecule has 0 heterocycles. The van der Waals surface area contributed by atoms with Crippen LogP contribution in [-0.2, 0) is 9.59 Å². The number of rotatable bonds is 5. The van der Waals surface area contributed by atoms with E-state index < -0.39 is 18.0 Å². The van der Waals surface area contributed by atoms with Crippen LogP contribution in [0.25, 0.3) is 0 Å². The molecule has 2 N–H and O–H groups in total. The Balaban J connectivity index is 1.95. The van der Waals surface area contributed by atoms with Gasteiger partial charge in [0.05, 0.1) is 5.92 Å². The third-order valence-electron chi connectivity index (χ3n) is 4.16. The summed E-state index contributed by atoms with van der Waals surface area (Å²) in [7, 11) is 0. The van der Waals surface area contributed by atoms with Crippen LogP contribution in [0.5, 0.6) is 5.75 Å². The van der Waals surface area contributed by atoms with Crippen molar-refractivity contribution in [3.63, 3.8) is 0 Å². The summed E-state index contributed by atoms with van der Waals surface area (Å²) in [5.74, 6) is -1.77. The van der Waals surface area contributed by atoms with Crippen molar-refractivity contribution in [3.05, 3.63) is 30.1 Å². The molecule has 1 aliphatic carbocycles. The summed E-state index contributed by atoms with van der Waals surface area (Å²) in [5, 5.41) is 12.1. The van der Waals surface area contributed by atoms with Crippen LogP contribution >= 0.6 is 0 Å². The lowest BCUT2D eigenvalue weighted by molar-refractivity contribution is -0.143. The van der Waals surface area contributed by atoms with Crippen LogP contribution < -0.4 is 10.1 Å². The lowest BCUT2D eigenvalue weighted by Crippen LogP contribution is -2.47. The van der Waals surface area contributed by atoms with Gasteiger partial charge in [0.2, 0.25) is 0 Å². The molecule has 1 unspecified atom stereocenters. The molecule has 126 valence electrons. The van der Waals surface area contributed by atoms with E-state index in [0.29, 0.717) is 18.6 Å². The number of aliphatic carboxylic acids is 1. The number of benzene rings is 1. The minimum Gasteiger partial charge on any atom is -0.481 e. The van der Waals surface area contributed by atoms with E-state index in [-0.39, 0.29) is 17.8 Å². The van der Waals surface area contributed by atoms with E-state index in [1.807, 2.05) is 0 Å². The molecule has 0 aromatic heterocycles. The normalized spacial score (nSPS) is 22.7. The first-order valence-electron chi connectivity index (χ1n) is 7.93. The molecule has 1 saturated carbocycles. The van der Waals surface area contributed by atoms with E-state index >= 15 is 0 Å². The van der Waals surface area contributed by atoms with Gasteiger partial charge >= 0.3 is 5.97 Å². The van der Waals surface area contributed by atoms with Crippen molar-refractivity contribution in [2.45, 2.75) is 51.2 Å². The Bertz CT molecular complexity index is 546. The average Bonchev–Trinajstić information content (AvgIpc) is 2.75. The fourth-order valence-electron chi connectivity index (χ4n) is 2.85. The van der Waals surface area contributed by atoms with Gasteiger partial charge in [-0.05, 0) is 44.0 Å². The predicted molar refractivity (Wildman–Crippen MR) is 82.6 cm³/mol. The number of carboxylic acids is 1. The molecule has 1 fully saturated rings. The Kier molecular flexibility index (Phi) is 5.96. The number of hydrogen-bond donors (Lipinski definition) is 2. The van der Waals surface area contributed by atoms with Crippen molar-refractivity contribution in [1.82, 2.24) is 5.32 Å². The Morgan fingerprint density at radius 3 is 2.52 bits per heavy atom. The summed E-state index contributed by atoms with van der Waals surface area (Å²) in [6.45, 7) is 1.59. The van der Waals surface area contributed by atoms with E-state index in [4.69, 9.17) is 4.74 Å². The first kappa shape index (κ1) is 17.2. The quantitative estimate of drug-likeness (QED) is 0.817. The highest BCUT2D eigenvalue weighted by Gasteiger charge is 2.31. The second-order valence-corrected chi connectivity index (χ2v) is 5.91. The first-order chi connectivity index (χ1) is 11.0. The van der Waals surface area contributed by atoms with Crippen molar-refractivity contribution < 1.29 is 23.8 Å². The van der Waals surface area contributed by atoms with Crippen molar-refractivity contribution in [2.75, 3.05) is 0 Å². The summed E-state index contributed by atoms with van der Waals surface area (Å²) in [6.07, 6.45) is 3.21. The van der Waals surface area contributed by atoms with Crippen molar-refractivity contribution in [3.8, 4) is 5.75 Å². The highest BCUT2D eigenvalue weighted by atomic mass is 19.1. The van der Waals surface area contributed by atoms with Gasteiger partial charge < -0.3 is 15.2 Å². The van der Waals surface area contributed by atoms with Crippen LogP contribution in [0.1, 0.15) is 39.0 Å². The zero-order chi connectivity index (χ0) is 16.8. The number of carbonyl (C=O) groups excluding carboxylic acids is 1. The molecule has 23 heavy (non-hydrogen) atoms. The molecule has 1 amide bonds. The maximum Gasteiger partial charge on any atom is 0.308 e. The SMILES string of the molecule is CC(Oc1ccc(F)cc1)C(=O)N[C@H]1CCCCC[C@H]1C(=O)O. The molecule has 0 saturated heterocycles. The monoisotopic (exact) mass is 323 g/mol. The van der Waals surface area contributed by atoms with Crippen LogP contribution in [0.3, 0.4) is 0 Å². The number of nitrogens with one attached hydrogen (secondary N) is 1. The molecular formula is C17H22FNO4. The number of carbonyl (C=O) groups is 2. The molecule has 0 radical (unpaired) electrons. The third-order valence-corrected chi connectivity index (χ3v) is 4.16. The average molecular weight is 323 g/mol. The van der Waals surface area contributed by atoms with Crippen molar-refractivity contribution in [2.24, 2.45) is 5.92 Å². The van der Waals surface area contributed by atoms with Gasteiger partial charge in [-0.15, -0.1) is 0 Å². The van der Waals surface area contributed by atoms with Gasteiger partial charge in [0.15, 0.2) is 6.10 Å². The second kappa shape index (κ2) is 7.94. The van der Waals surface area contributed by atoms with Gasteiger partial charge in [0.25, 0.3) is 5.91 Å². The number of ether oxygens (including phenoxy) is 1. The fraction of sp³-hybridized carbons (Fsp3) is 0.529. The van der Waals surface area contributed by atoms with Gasteiger partial charge in [-0.2, -0.15) is 0 Å². The second-order valence-electron chi connectivity index (χ2n) is 5.91. The largest absolute Gasteiger partial charge is 0.481 e. The van der Waals surface area contributed by atoms with Gasteiger partial charge in [-0.1, -0.05) is 19.3 Å². The lowest BCUT2D eigenvalue weighted by atomic mass is 9.94. The molecular weight excluding hydrogens is 301 g/mol. The van der Waals surface area contributed by atoms with Crippen LogP contribution in [0, 0.1) is 11.7 Å². The highest BCUT2D eigenvalue weighted by molar-refractivity contribution is 5.82. The third kappa shape index (κ3) is 4.94. The van der Waals surface area contributed by atoms with Crippen molar-refractivity contribution in [1.29, 1.82) is 0 Å². The van der Waals surface area contributed by atoms with Crippen LogP contribution in [0.2, 0.25) is 0 Å². The Hall–Kier alpha value is -2.11. The summed E-state index contributed by atoms with van der Waals surface area (Å²) in [5.41, 5.74) is 0. The standard InChI is InChI=1S/C17H22FNO4/c1-11(23-13-9-7-12(18)8-10-13)16(20)19-15-6-4-2-3-5-14(15)17(21)22/h7-11,14-15H,2-6H2,1H3,(H,19,20)(H,21,22)/t11?,14-,15+/m1/s1. The van der Waals surface area contributed by atoms with Gasteiger partial charge in [0, 0.05) is 6.04 Å². The first-order valence-corrected chi connectivity index (χ1v) is 7.93. The fourth-order valence-corrected chi connectivity index (χ4v) is 2.85. The van der Waals surface area contributed by atoms with E-state index in [2.05, 4.69) is 5.32 Å². The molecule has 1 aliphatic rings. The van der Waals surface area contributed by atoms with E-state index in [9.17, 15) is 19.1 Å². The number of amides is 1. The summed E-state index contributed by atoms with van der Waals surface area (Å²) in [6, 6.07) is 5.04. The van der Waals surface area contributed by atoms with Gasteiger partial charge in [-0.3, -0.25) is 9.59 Å². The maximum atomic E-state index is 12.9. The maximum absolute atomic E-state index is 12.9. The molecule has 0 aliphatic heterocycles. The lowest BCUT2D eigenvalue weighted by Gasteiger charge is -2.24. The van der Waals surface area contributed by atoms with E-state index in [0.717, 1.165) is 19.3 Å². The number of halogens is 1. The molecule has 6 heteroatoms.